The average Bonchev–Trinajstić information content (AvgIpc) is 3.34. The minimum atomic E-state index is -0.0782. The fraction of sp³-hybridized carbons (Fsp3) is 0.333. The molecule has 1 aromatic carbocycles. The van der Waals surface area contributed by atoms with Gasteiger partial charge >= 0.3 is 0 Å². The van der Waals surface area contributed by atoms with Crippen molar-refractivity contribution in [2.24, 2.45) is 5.92 Å². The van der Waals surface area contributed by atoms with Crippen molar-refractivity contribution in [2.75, 3.05) is 19.5 Å². The SMILES string of the molecule is COc1ccc(OC)c(-c2csc(NC(=O)c3csc4c3CC[C@H](C)C4)n2)c1. The zero-order valence-corrected chi connectivity index (χ0v) is 17.7. The van der Waals surface area contributed by atoms with Gasteiger partial charge in [0.15, 0.2) is 5.13 Å². The van der Waals surface area contributed by atoms with Gasteiger partial charge < -0.3 is 9.47 Å². The Hall–Kier alpha value is -2.38. The molecule has 0 saturated heterocycles. The number of nitrogens with one attached hydrogen (secondary N) is 1. The number of hydrogen-bond donors (Lipinski definition) is 1. The molecule has 3 aromatic rings. The van der Waals surface area contributed by atoms with E-state index in [2.05, 4.69) is 17.2 Å². The highest BCUT2D eigenvalue weighted by molar-refractivity contribution is 7.14. The molecule has 2 heterocycles. The number of thiazole rings is 1. The lowest BCUT2D eigenvalue weighted by Gasteiger charge is -2.18. The minimum Gasteiger partial charge on any atom is -0.497 e. The third-order valence-corrected chi connectivity index (χ3v) is 6.86. The first-order chi connectivity index (χ1) is 13.6. The summed E-state index contributed by atoms with van der Waals surface area (Å²) in [6, 6.07) is 5.58. The smallest absolute Gasteiger partial charge is 0.258 e. The lowest BCUT2D eigenvalue weighted by Crippen LogP contribution is -2.16. The first-order valence-electron chi connectivity index (χ1n) is 9.17. The van der Waals surface area contributed by atoms with Crippen LogP contribution >= 0.6 is 22.7 Å². The highest BCUT2D eigenvalue weighted by Crippen LogP contribution is 2.36. The molecule has 1 N–H and O–H groups in total. The zero-order valence-electron chi connectivity index (χ0n) is 16.1. The molecule has 1 atom stereocenters. The Bertz CT molecular complexity index is 1010. The van der Waals surface area contributed by atoms with Gasteiger partial charge in [-0.15, -0.1) is 22.7 Å². The van der Waals surface area contributed by atoms with Crippen LogP contribution in [-0.4, -0.2) is 25.1 Å². The first-order valence-corrected chi connectivity index (χ1v) is 10.9. The van der Waals surface area contributed by atoms with Gasteiger partial charge in [0.05, 0.1) is 25.5 Å². The number of carbonyl (C=O) groups excluding carboxylic acids is 1. The molecule has 0 fully saturated rings. The van der Waals surface area contributed by atoms with Gasteiger partial charge in [-0.2, -0.15) is 0 Å². The fourth-order valence-electron chi connectivity index (χ4n) is 3.50. The number of ether oxygens (including phenoxy) is 2. The van der Waals surface area contributed by atoms with Crippen LogP contribution in [0.3, 0.4) is 0 Å². The van der Waals surface area contributed by atoms with E-state index in [1.165, 1.54) is 21.8 Å². The lowest BCUT2D eigenvalue weighted by atomic mass is 9.88. The molecule has 1 aliphatic carbocycles. The normalized spacial score (nSPS) is 15.8. The fourth-order valence-corrected chi connectivity index (χ4v) is 5.45. The van der Waals surface area contributed by atoms with E-state index < -0.39 is 0 Å². The molecule has 1 aliphatic rings. The van der Waals surface area contributed by atoms with Crippen LogP contribution in [0, 0.1) is 5.92 Å². The maximum atomic E-state index is 12.8. The average molecular weight is 415 g/mol. The minimum absolute atomic E-state index is 0.0782. The van der Waals surface area contributed by atoms with Crippen LogP contribution in [0.25, 0.3) is 11.3 Å². The number of carbonyl (C=O) groups is 1. The Morgan fingerprint density at radius 1 is 1.21 bits per heavy atom. The van der Waals surface area contributed by atoms with Crippen LogP contribution in [0.2, 0.25) is 0 Å². The number of methoxy groups -OCH3 is 2. The molecule has 0 aliphatic heterocycles. The molecule has 2 aromatic heterocycles. The summed E-state index contributed by atoms with van der Waals surface area (Å²) in [5.74, 6) is 2.06. The summed E-state index contributed by atoms with van der Waals surface area (Å²) < 4.78 is 10.8. The predicted molar refractivity (Wildman–Crippen MR) is 114 cm³/mol. The van der Waals surface area contributed by atoms with Gasteiger partial charge in [0.1, 0.15) is 11.5 Å². The number of thiophene rings is 1. The molecule has 0 bridgehead atoms. The van der Waals surface area contributed by atoms with E-state index in [-0.39, 0.29) is 5.91 Å². The number of amides is 1. The first kappa shape index (κ1) is 19.0. The van der Waals surface area contributed by atoms with Crippen molar-refractivity contribution < 1.29 is 14.3 Å². The second-order valence-electron chi connectivity index (χ2n) is 6.96. The van der Waals surface area contributed by atoms with E-state index in [9.17, 15) is 4.79 Å². The van der Waals surface area contributed by atoms with E-state index in [0.717, 1.165) is 41.8 Å². The van der Waals surface area contributed by atoms with Crippen LogP contribution in [0.5, 0.6) is 11.5 Å². The second kappa shape index (κ2) is 7.93. The van der Waals surface area contributed by atoms with Crippen LogP contribution < -0.4 is 14.8 Å². The van der Waals surface area contributed by atoms with E-state index in [1.807, 2.05) is 29.0 Å². The maximum absolute atomic E-state index is 12.8. The maximum Gasteiger partial charge on any atom is 0.258 e. The molecular weight excluding hydrogens is 392 g/mol. The molecule has 28 heavy (non-hydrogen) atoms. The molecule has 7 heteroatoms. The van der Waals surface area contributed by atoms with E-state index in [0.29, 0.717) is 16.8 Å². The third-order valence-electron chi connectivity index (χ3n) is 5.05. The number of hydrogen-bond acceptors (Lipinski definition) is 6. The van der Waals surface area contributed by atoms with E-state index >= 15 is 0 Å². The molecule has 0 radical (unpaired) electrons. The summed E-state index contributed by atoms with van der Waals surface area (Å²) in [6.07, 6.45) is 3.19. The number of nitrogens with zero attached hydrogens (tertiary/aromatic N) is 1. The number of anilines is 1. The van der Waals surface area contributed by atoms with E-state index in [1.54, 1.807) is 25.6 Å². The number of fused-ring (bicyclic) bond motifs is 1. The monoisotopic (exact) mass is 414 g/mol. The Kier molecular flexibility index (Phi) is 5.37. The Balaban J connectivity index is 1.55. The van der Waals surface area contributed by atoms with Crippen molar-refractivity contribution in [3.8, 4) is 22.8 Å². The lowest BCUT2D eigenvalue weighted by molar-refractivity contribution is 0.102. The van der Waals surface area contributed by atoms with Gasteiger partial charge in [-0.1, -0.05) is 6.92 Å². The van der Waals surface area contributed by atoms with Crippen molar-refractivity contribution in [1.82, 2.24) is 4.98 Å². The van der Waals surface area contributed by atoms with Gasteiger partial charge in [0.25, 0.3) is 5.91 Å². The number of benzene rings is 1. The number of rotatable bonds is 5. The largest absolute Gasteiger partial charge is 0.497 e. The Morgan fingerprint density at radius 3 is 2.86 bits per heavy atom. The van der Waals surface area contributed by atoms with Gasteiger partial charge in [-0.3, -0.25) is 10.1 Å². The highest BCUT2D eigenvalue weighted by atomic mass is 32.1. The molecule has 146 valence electrons. The third kappa shape index (κ3) is 3.64. The molecule has 0 saturated carbocycles. The second-order valence-corrected chi connectivity index (χ2v) is 8.78. The topological polar surface area (TPSA) is 60.5 Å². The summed E-state index contributed by atoms with van der Waals surface area (Å²) in [5.41, 5.74) is 3.59. The van der Waals surface area contributed by atoms with Crippen LogP contribution in [0.1, 0.15) is 34.1 Å². The molecule has 1 amide bonds. The van der Waals surface area contributed by atoms with Crippen molar-refractivity contribution in [3.63, 3.8) is 0 Å². The summed E-state index contributed by atoms with van der Waals surface area (Å²) in [6.45, 7) is 2.27. The molecule has 0 spiro atoms. The predicted octanol–water partition coefficient (Wildman–Crippen LogP) is 5.27. The number of aromatic nitrogens is 1. The van der Waals surface area contributed by atoms with Crippen LogP contribution in [0.15, 0.2) is 29.0 Å². The van der Waals surface area contributed by atoms with Crippen LogP contribution in [0.4, 0.5) is 5.13 Å². The molecule has 5 nitrogen and oxygen atoms in total. The summed E-state index contributed by atoms with van der Waals surface area (Å²) in [5, 5.41) is 7.44. The van der Waals surface area contributed by atoms with Gasteiger partial charge in [0.2, 0.25) is 0 Å². The van der Waals surface area contributed by atoms with Gasteiger partial charge in [0, 0.05) is 21.2 Å². The van der Waals surface area contributed by atoms with Crippen LogP contribution in [-0.2, 0) is 12.8 Å². The summed E-state index contributed by atoms with van der Waals surface area (Å²) >= 11 is 3.10. The van der Waals surface area contributed by atoms with Crippen molar-refractivity contribution in [1.29, 1.82) is 0 Å². The van der Waals surface area contributed by atoms with Crippen molar-refractivity contribution >= 4 is 33.7 Å². The van der Waals surface area contributed by atoms with Gasteiger partial charge in [-0.05, 0) is 48.9 Å². The molecular formula is C21H22N2O3S2. The quantitative estimate of drug-likeness (QED) is 0.618. The standard InChI is InChI=1S/C21H22N2O3S2/c1-12-4-6-14-16(10-27-19(14)8-12)20(24)23-21-22-17(11-28-21)15-9-13(25-2)5-7-18(15)26-3/h5,7,9-12H,4,6,8H2,1-3H3,(H,22,23,24)/t12-/m0/s1. The Morgan fingerprint density at radius 2 is 2.07 bits per heavy atom. The summed E-state index contributed by atoms with van der Waals surface area (Å²) in [4.78, 5) is 18.8. The van der Waals surface area contributed by atoms with Gasteiger partial charge in [-0.25, -0.2) is 4.98 Å². The highest BCUT2D eigenvalue weighted by Gasteiger charge is 2.23. The van der Waals surface area contributed by atoms with E-state index in [4.69, 9.17) is 9.47 Å². The Labute approximate surface area is 172 Å². The van der Waals surface area contributed by atoms with Crippen molar-refractivity contribution in [2.45, 2.75) is 26.2 Å². The molecule has 0 unspecified atom stereocenters. The zero-order chi connectivity index (χ0) is 19.7. The van der Waals surface area contributed by atoms with Crippen molar-refractivity contribution in [3.05, 3.63) is 45.0 Å². The molecule has 4 rings (SSSR count). The summed E-state index contributed by atoms with van der Waals surface area (Å²) in [7, 11) is 3.25.